The Morgan fingerprint density at radius 2 is 2.08 bits per heavy atom. The summed E-state index contributed by atoms with van der Waals surface area (Å²) in [6.45, 7) is 6.57. The van der Waals surface area contributed by atoms with E-state index in [1.807, 2.05) is 6.07 Å². The van der Waals surface area contributed by atoms with Crippen LogP contribution < -0.4 is 5.73 Å². The molecule has 0 saturated heterocycles. The molecule has 0 bridgehead atoms. The highest BCUT2D eigenvalue weighted by atomic mass is 15.1. The summed E-state index contributed by atoms with van der Waals surface area (Å²) in [6.07, 6.45) is 1.21. The summed E-state index contributed by atoms with van der Waals surface area (Å²) in [4.78, 5) is 0. The van der Waals surface area contributed by atoms with E-state index in [4.69, 9.17) is 5.73 Å². The minimum atomic E-state index is 0.412. The molecule has 0 aliphatic heterocycles. The first-order valence-electron chi connectivity index (χ1n) is 4.60. The third kappa shape index (κ3) is 1.39. The predicted molar refractivity (Wildman–Crippen MR) is 52.3 cm³/mol. The van der Waals surface area contributed by atoms with Crippen LogP contribution in [0.25, 0.3) is 0 Å². The number of anilines is 1. The van der Waals surface area contributed by atoms with Crippen molar-refractivity contribution in [3.63, 3.8) is 0 Å². The summed E-state index contributed by atoms with van der Waals surface area (Å²) in [7, 11) is 0. The van der Waals surface area contributed by atoms with E-state index in [2.05, 4.69) is 31.0 Å². The van der Waals surface area contributed by atoms with Crippen molar-refractivity contribution >= 4 is 5.82 Å². The van der Waals surface area contributed by atoms with Gasteiger partial charge < -0.3 is 5.73 Å². The third-order valence-electron chi connectivity index (χ3n) is 2.89. The van der Waals surface area contributed by atoms with Crippen LogP contribution in [0.1, 0.15) is 37.4 Å². The maximum absolute atomic E-state index is 5.54. The van der Waals surface area contributed by atoms with Gasteiger partial charge in [0, 0.05) is 5.92 Å². The lowest BCUT2D eigenvalue weighted by molar-refractivity contribution is 0.611. The molecule has 3 heteroatoms. The van der Waals surface area contributed by atoms with Crippen molar-refractivity contribution in [2.24, 2.45) is 5.41 Å². The smallest absolute Gasteiger partial charge is 0.146 e. The molecule has 0 amide bonds. The average molecular weight is 177 g/mol. The number of nitrogens with zero attached hydrogens (tertiary/aromatic N) is 2. The molecular formula is C10H15N3. The lowest BCUT2D eigenvalue weighted by Gasteiger charge is -2.05. The van der Waals surface area contributed by atoms with Gasteiger partial charge in [-0.3, -0.25) is 0 Å². The number of rotatable bonds is 1. The fourth-order valence-corrected chi connectivity index (χ4v) is 1.79. The monoisotopic (exact) mass is 177 g/mol. The van der Waals surface area contributed by atoms with Gasteiger partial charge in [0.25, 0.3) is 0 Å². The first-order chi connectivity index (χ1) is 6.00. The number of aromatic nitrogens is 2. The van der Waals surface area contributed by atoms with Crippen molar-refractivity contribution in [2.75, 3.05) is 5.73 Å². The Morgan fingerprint density at radius 3 is 2.54 bits per heavy atom. The highest BCUT2D eigenvalue weighted by Gasteiger charge is 2.48. The van der Waals surface area contributed by atoms with E-state index in [1.165, 1.54) is 12.0 Å². The second-order valence-corrected chi connectivity index (χ2v) is 4.58. The van der Waals surface area contributed by atoms with Crippen molar-refractivity contribution in [3.8, 4) is 0 Å². The molecule has 1 fully saturated rings. The van der Waals surface area contributed by atoms with Crippen molar-refractivity contribution in [1.82, 2.24) is 10.2 Å². The molecule has 1 unspecified atom stereocenters. The maximum atomic E-state index is 5.54. The van der Waals surface area contributed by atoms with Gasteiger partial charge in [0.2, 0.25) is 0 Å². The fourth-order valence-electron chi connectivity index (χ4n) is 1.79. The van der Waals surface area contributed by atoms with Crippen molar-refractivity contribution in [2.45, 2.75) is 33.1 Å². The van der Waals surface area contributed by atoms with E-state index in [-0.39, 0.29) is 0 Å². The molecule has 0 radical (unpaired) electrons. The highest BCUT2D eigenvalue weighted by Crippen LogP contribution is 2.58. The van der Waals surface area contributed by atoms with E-state index >= 15 is 0 Å². The topological polar surface area (TPSA) is 51.8 Å². The van der Waals surface area contributed by atoms with E-state index in [0.717, 1.165) is 5.69 Å². The van der Waals surface area contributed by atoms with Crippen LogP contribution in [-0.2, 0) is 0 Å². The van der Waals surface area contributed by atoms with Gasteiger partial charge in [-0.1, -0.05) is 13.8 Å². The fraction of sp³-hybridized carbons (Fsp3) is 0.600. The Morgan fingerprint density at radius 1 is 1.46 bits per heavy atom. The van der Waals surface area contributed by atoms with Crippen LogP contribution in [0.5, 0.6) is 0 Å². The summed E-state index contributed by atoms with van der Waals surface area (Å²) in [5.41, 5.74) is 8.25. The molecule has 70 valence electrons. The summed E-state index contributed by atoms with van der Waals surface area (Å²) in [6, 6.07) is 1.90. The van der Waals surface area contributed by atoms with E-state index < -0.39 is 0 Å². The normalized spacial score (nSPS) is 24.4. The summed E-state index contributed by atoms with van der Waals surface area (Å²) in [5, 5.41) is 8.05. The molecule has 3 nitrogen and oxygen atoms in total. The van der Waals surface area contributed by atoms with Gasteiger partial charge >= 0.3 is 0 Å². The van der Waals surface area contributed by atoms with E-state index in [1.54, 1.807) is 0 Å². The number of hydrogen-bond donors (Lipinski definition) is 1. The first kappa shape index (κ1) is 8.48. The van der Waals surface area contributed by atoms with Gasteiger partial charge in [0.15, 0.2) is 0 Å². The van der Waals surface area contributed by atoms with Crippen molar-refractivity contribution in [1.29, 1.82) is 0 Å². The standard InChI is InChI=1S/C10H15N3/c1-6-4-8(11)12-13-9(6)7-5-10(7,2)3/h4,7H,5H2,1-3H3,(H2,11,12). The molecular weight excluding hydrogens is 162 g/mol. The Labute approximate surface area is 78.4 Å². The lowest BCUT2D eigenvalue weighted by Crippen LogP contribution is -2.01. The molecule has 0 aromatic carbocycles. The SMILES string of the molecule is Cc1cc(N)nnc1C1CC1(C)C. The average Bonchev–Trinajstić information content (AvgIpc) is 2.59. The molecule has 13 heavy (non-hydrogen) atoms. The Bertz CT molecular complexity index is 344. The molecule has 1 aliphatic carbocycles. The molecule has 1 saturated carbocycles. The zero-order chi connectivity index (χ0) is 9.64. The van der Waals surface area contributed by atoms with Gasteiger partial charge in [0.05, 0.1) is 5.69 Å². The van der Waals surface area contributed by atoms with E-state index in [0.29, 0.717) is 17.2 Å². The second kappa shape index (κ2) is 2.44. The van der Waals surface area contributed by atoms with Gasteiger partial charge in [-0.25, -0.2) is 0 Å². The molecule has 2 rings (SSSR count). The molecule has 1 aromatic rings. The predicted octanol–water partition coefficient (Wildman–Crippen LogP) is 1.88. The second-order valence-electron chi connectivity index (χ2n) is 4.58. The maximum Gasteiger partial charge on any atom is 0.146 e. The minimum Gasteiger partial charge on any atom is -0.382 e. The van der Waals surface area contributed by atoms with Crippen LogP contribution in [0.2, 0.25) is 0 Å². The van der Waals surface area contributed by atoms with Crippen LogP contribution in [-0.4, -0.2) is 10.2 Å². The number of aryl methyl sites for hydroxylation is 1. The number of hydrogen-bond acceptors (Lipinski definition) is 3. The Hall–Kier alpha value is -1.12. The molecule has 1 aliphatic rings. The summed E-state index contributed by atoms with van der Waals surface area (Å²) in [5.74, 6) is 1.10. The summed E-state index contributed by atoms with van der Waals surface area (Å²) < 4.78 is 0. The van der Waals surface area contributed by atoms with Gasteiger partial charge in [-0.05, 0) is 30.4 Å². The third-order valence-corrected chi connectivity index (χ3v) is 2.89. The van der Waals surface area contributed by atoms with Gasteiger partial charge in [-0.15, -0.1) is 5.10 Å². The van der Waals surface area contributed by atoms with Crippen LogP contribution >= 0.6 is 0 Å². The highest BCUT2D eigenvalue weighted by molar-refractivity contribution is 5.36. The first-order valence-corrected chi connectivity index (χ1v) is 4.60. The molecule has 1 aromatic heterocycles. The summed E-state index contributed by atoms with van der Waals surface area (Å²) >= 11 is 0. The quantitative estimate of drug-likeness (QED) is 0.712. The molecule has 2 N–H and O–H groups in total. The van der Waals surface area contributed by atoms with E-state index in [9.17, 15) is 0 Å². The van der Waals surface area contributed by atoms with Crippen LogP contribution in [0.15, 0.2) is 6.07 Å². The zero-order valence-corrected chi connectivity index (χ0v) is 8.33. The molecule has 1 atom stereocenters. The molecule has 1 heterocycles. The number of nitrogen functional groups attached to an aromatic ring is 1. The minimum absolute atomic E-state index is 0.412. The van der Waals surface area contributed by atoms with Crippen LogP contribution in [0.3, 0.4) is 0 Å². The van der Waals surface area contributed by atoms with Gasteiger partial charge in [-0.2, -0.15) is 5.10 Å². The van der Waals surface area contributed by atoms with Crippen LogP contribution in [0, 0.1) is 12.3 Å². The van der Waals surface area contributed by atoms with Crippen molar-refractivity contribution < 1.29 is 0 Å². The van der Waals surface area contributed by atoms with Gasteiger partial charge in [0.1, 0.15) is 5.82 Å². The van der Waals surface area contributed by atoms with Crippen LogP contribution in [0.4, 0.5) is 5.82 Å². The zero-order valence-electron chi connectivity index (χ0n) is 8.33. The molecule has 0 spiro atoms. The van der Waals surface area contributed by atoms with Crippen molar-refractivity contribution in [3.05, 3.63) is 17.3 Å². The Balaban J connectivity index is 2.33. The Kier molecular flexibility index (Phi) is 1.59. The largest absolute Gasteiger partial charge is 0.382 e. The lowest BCUT2D eigenvalue weighted by atomic mass is 10.0. The number of nitrogens with two attached hydrogens (primary N) is 1.